The lowest BCUT2D eigenvalue weighted by molar-refractivity contribution is 0.482. The molecule has 0 aliphatic rings. The molecule has 0 fully saturated rings. The van der Waals surface area contributed by atoms with Gasteiger partial charge >= 0.3 is 0 Å². The highest BCUT2D eigenvalue weighted by molar-refractivity contribution is 9.10. The molecule has 0 saturated heterocycles. The van der Waals surface area contributed by atoms with Gasteiger partial charge in [0, 0.05) is 4.47 Å². The lowest BCUT2D eigenvalue weighted by Crippen LogP contribution is -1.86. The fraction of sp³-hybridized carbons (Fsp3) is 0. The van der Waals surface area contributed by atoms with Crippen molar-refractivity contribution in [1.29, 1.82) is 10.5 Å². The third-order valence-electron chi connectivity index (χ3n) is 2.28. The van der Waals surface area contributed by atoms with Gasteiger partial charge in [0.15, 0.2) is 0 Å². The molecule has 2 aromatic carbocycles. The standard InChI is InChI=1S/C14H7BrN2O/c15-14-7-13(6-3-11(14)9-17)18-12-4-1-10(8-16)2-5-12/h1-7H. The molecule has 3 nitrogen and oxygen atoms in total. The predicted octanol–water partition coefficient (Wildman–Crippen LogP) is 3.98. The third kappa shape index (κ3) is 2.68. The summed E-state index contributed by atoms with van der Waals surface area (Å²) in [6, 6.07) is 16.1. The highest BCUT2D eigenvalue weighted by Crippen LogP contribution is 2.26. The maximum atomic E-state index is 8.81. The summed E-state index contributed by atoms with van der Waals surface area (Å²) in [5, 5.41) is 17.5. The zero-order valence-corrected chi connectivity index (χ0v) is 10.8. The minimum Gasteiger partial charge on any atom is -0.457 e. The van der Waals surface area contributed by atoms with Crippen LogP contribution in [0.4, 0.5) is 0 Å². The van der Waals surface area contributed by atoms with E-state index in [-0.39, 0.29) is 0 Å². The van der Waals surface area contributed by atoms with Crippen molar-refractivity contribution in [3.05, 3.63) is 58.1 Å². The molecule has 0 unspecified atom stereocenters. The molecule has 2 aromatic rings. The number of hydrogen-bond donors (Lipinski definition) is 0. The smallest absolute Gasteiger partial charge is 0.128 e. The van der Waals surface area contributed by atoms with Gasteiger partial charge in [-0.3, -0.25) is 0 Å². The van der Waals surface area contributed by atoms with Gasteiger partial charge in [0.25, 0.3) is 0 Å². The number of nitrogens with zero attached hydrogens (tertiary/aromatic N) is 2. The summed E-state index contributed by atoms with van der Waals surface area (Å²) in [5.74, 6) is 1.27. The number of nitriles is 2. The summed E-state index contributed by atoms with van der Waals surface area (Å²) in [7, 11) is 0. The predicted molar refractivity (Wildman–Crippen MR) is 70.1 cm³/mol. The van der Waals surface area contributed by atoms with Gasteiger partial charge < -0.3 is 4.74 Å². The monoisotopic (exact) mass is 298 g/mol. The van der Waals surface area contributed by atoms with Gasteiger partial charge in [-0.15, -0.1) is 0 Å². The highest BCUT2D eigenvalue weighted by atomic mass is 79.9. The number of hydrogen-bond acceptors (Lipinski definition) is 3. The van der Waals surface area contributed by atoms with Crippen LogP contribution in [0.2, 0.25) is 0 Å². The van der Waals surface area contributed by atoms with E-state index in [4.69, 9.17) is 15.3 Å². The molecule has 18 heavy (non-hydrogen) atoms. The van der Waals surface area contributed by atoms with Crippen LogP contribution >= 0.6 is 15.9 Å². The Labute approximate surface area is 113 Å². The van der Waals surface area contributed by atoms with Crippen LogP contribution in [-0.2, 0) is 0 Å². The number of halogens is 1. The minimum absolute atomic E-state index is 0.558. The average Bonchev–Trinajstić information content (AvgIpc) is 2.40. The summed E-state index contributed by atoms with van der Waals surface area (Å²) in [6.45, 7) is 0. The van der Waals surface area contributed by atoms with Crippen molar-refractivity contribution in [2.75, 3.05) is 0 Å². The van der Waals surface area contributed by atoms with Crippen molar-refractivity contribution in [2.24, 2.45) is 0 Å². The molecule has 0 aliphatic heterocycles. The fourth-order valence-electron chi connectivity index (χ4n) is 1.38. The van der Waals surface area contributed by atoms with Crippen molar-refractivity contribution in [3.8, 4) is 23.6 Å². The first kappa shape index (κ1) is 12.2. The maximum absolute atomic E-state index is 8.81. The number of rotatable bonds is 2. The Kier molecular flexibility index (Phi) is 3.62. The van der Waals surface area contributed by atoms with Gasteiger partial charge in [0.05, 0.1) is 17.2 Å². The van der Waals surface area contributed by atoms with Crippen molar-refractivity contribution in [2.45, 2.75) is 0 Å². The molecule has 0 atom stereocenters. The molecule has 86 valence electrons. The second kappa shape index (κ2) is 5.35. The van der Waals surface area contributed by atoms with Gasteiger partial charge in [0.2, 0.25) is 0 Å². The lowest BCUT2D eigenvalue weighted by Gasteiger charge is -2.06. The molecule has 0 amide bonds. The second-order valence-electron chi connectivity index (χ2n) is 3.49. The van der Waals surface area contributed by atoms with Crippen molar-refractivity contribution < 1.29 is 4.74 Å². The van der Waals surface area contributed by atoms with E-state index < -0.39 is 0 Å². The van der Waals surface area contributed by atoms with E-state index in [2.05, 4.69) is 22.0 Å². The summed E-state index contributed by atoms with van der Waals surface area (Å²) in [6.07, 6.45) is 0. The van der Waals surface area contributed by atoms with Crippen LogP contribution in [0, 0.1) is 22.7 Å². The van der Waals surface area contributed by atoms with Gasteiger partial charge in [-0.25, -0.2) is 0 Å². The Hall–Kier alpha value is -2.30. The first-order valence-electron chi connectivity index (χ1n) is 5.10. The van der Waals surface area contributed by atoms with Crippen LogP contribution < -0.4 is 4.74 Å². The molecular weight excluding hydrogens is 292 g/mol. The largest absolute Gasteiger partial charge is 0.457 e. The number of ether oxygens (including phenoxy) is 1. The summed E-state index contributed by atoms with van der Waals surface area (Å²) in [4.78, 5) is 0. The Morgan fingerprint density at radius 1 is 0.889 bits per heavy atom. The van der Waals surface area contributed by atoms with E-state index in [1.165, 1.54) is 0 Å². The van der Waals surface area contributed by atoms with Gasteiger partial charge in [-0.1, -0.05) is 0 Å². The molecule has 0 spiro atoms. The molecule has 0 bridgehead atoms. The lowest BCUT2D eigenvalue weighted by atomic mass is 10.2. The van der Waals surface area contributed by atoms with Crippen molar-refractivity contribution in [1.82, 2.24) is 0 Å². The molecule has 0 saturated carbocycles. The Morgan fingerprint density at radius 3 is 2.11 bits per heavy atom. The number of benzene rings is 2. The van der Waals surface area contributed by atoms with E-state index in [0.717, 1.165) is 0 Å². The molecule has 0 aliphatic carbocycles. The minimum atomic E-state index is 0.558. The molecular formula is C14H7BrN2O. The van der Waals surface area contributed by atoms with E-state index in [1.807, 2.05) is 6.07 Å². The average molecular weight is 299 g/mol. The summed E-state index contributed by atoms with van der Waals surface area (Å²) >= 11 is 3.30. The SMILES string of the molecule is N#Cc1ccc(Oc2ccc(C#N)c(Br)c2)cc1. The second-order valence-corrected chi connectivity index (χ2v) is 4.35. The topological polar surface area (TPSA) is 56.8 Å². The van der Waals surface area contributed by atoms with E-state index in [0.29, 0.717) is 27.1 Å². The Morgan fingerprint density at radius 2 is 1.56 bits per heavy atom. The van der Waals surface area contributed by atoms with Crippen LogP contribution in [0.5, 0.6) is 11.5 Å². The normalized spacial score (nSPS) is 9.28. The van der Waals surface area contributed by atoms with E-state index in [1.54, 1.807) is 42.5 Å². The van der Waals surface area contributed by atoms with Crippen LogP contribution in [0.15, 0.2) is 46.9 Å². The first-order valence-corrected chi connectivity index (χ1v) is 5.90. The summed E-state index contributed by atoms with van der Waals surface area (Å²) in [5.41, 5.74) is 1.14. The molecule has 0 aromatic heterocycles. The van der Waals surface area contributed by atoms with E-state index in [9.17, 15) is 0 Å². The van der Waals surface area contributed by atoms with Gasteiger partial charge in [-0.2, -0.15) is 10.5 Å². The van der Waals surface area contributed by atoms with Crippen LogP contribution in [0.1, 0.15) is 11.1 Å². The fourth-order valence-corrected chi connectivity index (χ4v) is 1.83. The quantitative estimate of drug-likeness (QED) is 0.842. The van der Waals surface area contributed by atoms with Crippen LogP contribution in [-0.4, -0.2) is 0 Å². The molecule has 0 radical (unpaired) electrons. The Balaban J connectivity index is 2.21. The molecule has 0 heterocycles. The molecule has 2 rings (SSSR count). The van der Waals surface area contributed by atoms with Crippen molar-refractivity contribution in [3.63, 3.8) is 0 Å². The van der Waals surface area contributed by atoms with Crippen molar-refractivity contribution >= 4 is 15.9 Å². The van der Waals surface area contributed by atoms with Crippen LogP contribution in [0.3, 0.4) is 0 Å². The van der Waals surface area contributed by atoms with Crippen LogP contribution in [0.25, 0.3) is 0 Å². The van der Waals surface area contributed by atoms with E-state index >= 15 is 0 Å². The summed E-state index contributed by atoms with van der Waals surface area (Å²) < 4.78 is 6.30. The first-order chi connectivity index (χ1) is 8.72. The maximum Gasteiger partial charge on any atom is 0.128 e. The van der Waals surface area contributed by atoms with Gasteiger partial charge in [0.1, 0.15) is 17.6 Å². The zero-order chi connectivity index (χ0) is 13.0. The molecule has 4 heteroatoms. The van der Waals surface area contributed by atoms with Gasteiger partial charge in [-0.05, 0) is 58.4 Å². The zero-order valence-electron chi connectivity index (χ0n) is 9.22. The Bertz CT molecular complexity index is 651. The third-order valence-corrected chi connectivity index (χ3v) is 2.94. The highest BCUT2D eigenvalue weighted by Gasteiger charge is 2.02. The molecule has 0 N–H and O–H groups in total.